The lowest BCUT2D eigenvalue weighted by Gasteiger charge is -2.61. The van der Waals surface area contributed by atoms with E-state index in [2.05, 4.69) is 49.3 Å². The van der Waals surface area contributed by atoms with Crippen molar-refractivity contribution in [3.63, 3.8) is 0 Å². The highest BCUT2D eigenvalue weighted by Gasteiger charge is 2.59. The van der Waals surface area contributed by atoms with E-state index in [-0.39, 0.29) is 0 Å². The number of fused-ring (bicyclic) bond motifs is 5. The third-order valence-electron chi connectivity index (χ3n) is 10.9. The SMILES string of the molecule is CC(C)NCCC[C@H]1CCC2C3CCC4CC(NCCNNN)CCC4(C)C3CCC21C. The summed E-state index contributed by atoms with van der Waals surface area (Å²) in [7, 11) is 0. The van der Waals surface area contributed by atoms with Crippen LogP contribution in [0.25, 0.3) is 0 Å². The molecule has 6 N–H and O–H groups in total. The third-order valence-corrected chi connectivity index (χ3v) is 10.9. The molecule has 0 aromatic rings. The van der Waals surface area contributed by atoms with Gasteiger partial charge >= 0.3 is 0 Å². The van der Waals surface area contributed by atoms with E-state index in [1.54, 1.807) is 0 Å². The summed E-state index contributed by atoms with van der Waals surface area (Å²) in [4.78, 5) is 0. The Bertz CT molecular complexity index is 597. The smallest absolute Gasteiger partial charge is 0.0238 e. The van der Waals surface area contributed by atoms with Gasteiger partial charge in [0.25, 0.3) is 0 Å². The minimum absolute atomic E-state index is 0.596. The minimum Gasteiger partial charge on any atom is -0.315 e. The normalized spacial score (nSPS) is 43.7. The first-order chi connectivity index (χ1) is 15.4. The van der Waals surface area contributed by atoms with Crippen LogP contribution in [0.4, 0.5) is 0 Å². The van der Waals surface area contributed by atoms with Gasteiger partial charge in [-0.25, -0.2) is 5.43 Å². The van der Waals surface area contributed by atoms with Crippen LogP contribution >= 0.6 is 0 Å². The molecule has 4 saturated carbocycles. The van der Waals surface area contributed by atoms with Crippen molar-refractivity contribution in [1.29, 1.82) is 0 Å². The predicted octanol–water partition coefficient (Wildman–Crippen LogP) is 4.35. The van der Waals surface area contributed by atoms with Crippen molar-refractivity contribution in [1.82, 2.24) is 21.6 Å². The number of hydrazine groups is 2. The van der Waals surface area contributed by atoms with Gasteiger partial charge in [-0.3, -0.25) is 5.84 Å². The van der Waals surface area contributed by atoms with Gasteiger partial charge < -0.3 is 10.6 Å². The zero-order chi connectivity index (χ0) is 22.8. The molecular formula is C27H53N5. The second-order valence-corrected chi connectivity index (χ2v) is 12.7. The van der Waals surface area contributed by atoms with Crippen LogP contribution in [0.5, 0.6) is 0 Å². The van der Waals surface area contributed by atoms with Crippen molar-refractivity contribution in [2.75, 3.05) is 19.6 Å². The Labute approximate surface area is 198 Å². The summed E-state index contributed by atoms with van der Waals surface area (Å²) in [6.45, 7) is 13.0. The highest BCUT2D eigenvalue weighted by molar-refractivity contribution is 5.09. The lowest BCUT2D eigenvalue weighted by Crippen LogP contribution is -2.55. The lowest BCUT2D eigenvalue weighted by atomic mass is 9.44. The van der Waals surface area contributed by atoms with Gasteiger partial charge in [0.05, 0.1) is 0 Å². The van der Waals surface area contributed by atoms with Crippen LogP contribution in [-0.4, -0.2) is 31.7 Å². The van der Waals surface area contributed by atoms with Crippen LogP contribution in [0.2, 0.25) is 0 Å². The molecule has 4 rings (SSSR count). The van der Waals surface area contributed by atoms with E-state index in [1.165, 1.54) is 77.2 Å². The average Bonchev–Trinajstić information content (AvgIpc) is 3.10. The summed E-state index contributed by atoms with van der Waals surface area (Å²) in [5.74, 6) is 10.2. The third kappa shape index (κ3) is 4.93. The van der Waals surface area contributed by atoms with Crippen molar-refractivity contribution in [2.24, 2.45) is 46.3 Å². The monoisotopic (exact) mass is 447 g/mol. The Morgan fingerprint density at radius 3 is 2.44 bits per heavy atom. The molecule has 186 valence electrons. The van der Waals surface area contributed by atoms with E-state index < -0.39 is 0 Å². The molecule has 0 heterocycles. The second-order valence-electron chi connectivity index (χ2n) is 12.7. The van der Waals surface area contributed by atoms with Gasteiger partial charge in [-0.15, -0.1) is 0 Å². The molecule has 4 aliphatic rings. The van der Waals surface area contributed by atoms with Crippen molar-refractivity contribution >= 4 is 0 Å². The Kier molecular flexibility index (Phi) is 8.25. The molecule has 0 aliphatic heterocycles. The highest BCUT2D eigenvalue weighted by Crippen LogP contribution is 2.67. The summed E-state index contributed by atoms with van der Waals surface area (Å²) in [6, 6.07) is 1.33. The molecule has 8 atom stereocenters. The molecule has 0 radical (unpaired) electrons. The highest BCUT2D eigenvalue weighted by atomic mass is 15.5. The fraction of sp³-hybridized carbons (Fsp3) is 1.00. The van der Waals surface area contributed by atoms with Gasteiger partial charge in [0.2, 0.25) is 0 Å². The van der Waals surface area contributed by atoms with E-state index in [1.807, 2.05) is 0 Å². The molecule has 32 heavy (non-hydrogen) atoms. The van der Waals surface area contributed by atoms with Gasteiger partial charge in [-0.2, -0.15) is 5.53 Å². The van der Waals surface area contributed by atoms with Gasteiger partial charge in [-0.1, -0.05) is 27.7 Å². The fourth-order valence-electron chi connectivity index (χ4n) is 9.18. The number of hydrogen-bond donors (Lipinski definition) is 5. The maximum Gasteiger partial charge on any atom is 0.0238 e. The Morgan fingerprint density at radius 2 is 1.66 bits per heavy atom. The zero-order valence-corrected chi connectivity index (χ0v) is 21.5. The van der Waals surface area contributed by atoms with Crippen LogP contribution in [0.1, 0.15) is 98.3 Å². The lowest BCUT2D eigenvalue weighted by molar-refractivity contribution is -0.115. The Hall–Kier alpha value is -0.200. The van der Waals surface area contributed by atoms with Gasteiger partial charge in [0, 0.05) is 25.2 Å². The van der Waals surface area contributed by atoms with E-state index >= 15 is 0 Å². The largest absolute Gasteiger partial charge is 0.315 e. The van der Waals surface area contributed by atoms with Gasteiger partial charge in [0.1, 0.15) is 0 Å². The summed E-state index contributed by atoms with van der Waals surface area (Å²) < 4.78 is 0. The van der Waals surface area contributed by atoms with E-state index in [0.717, 1.165) is 42.7 Å². The first-order valence-corrected chi connectivity index (χ1v) is 14.0. The second kappa shape index (κ2) is 10.6. The van der Waals surface area contributed by atoms with Crippen LogP contribution < -0.4 is 27.4 Å². The van der Waals surface area contributed by atoms with Gasteiger partial charge in [0.15, 0.2) is 0 Å². The van der Waals surface area contributed by atoms with Crippen molar-refractivity contribution < 1.29 is 0 Å². The van der Waals surface area contributed by atoms with Crippen LogP contribution in [0.15, 0.2) is 0 Å². The number of nitrogens with one attached hydrogen (secondary N) is 4. The number of rotatable bonds is 10. The standard InChI is InChI=1S/C27H53N5/c1-19(2)29-15-5-6-20-8-10-24-23-9-7-21-18-22(30-16-17-31-32-28)11-13-27(21,4)25(23)12-14-26(20,24)3/h19-25,29-32H,5-18,28H2,1-4H3/t20-,21?,22?,23?,24?,25?,26?,27?/m0/s1. The number of hydrogen-bond acceptors (Lipinski definition) is 5. The van der Waals surface area contributed by atoms with Crippen molar-refractivity contribution in [2.45, 2.75) is 110 Å². The number of nitrogens with two attached hydrogens (primary N) is 1. The maximum absolute atomic E-state index is 5.32. The first-order valence-electron chi connectivity index (χ1n) is 14.0. The van der Waals surface area contributed by atoms with Crippen LogP contribution in [0.3, 0.4) is 0 Å². The maximum atomic E-state index is 5.32. The Morgan fingerprint density at radius 1 is 0.875 bits per heavy atom. The zero-order valence-electron chi connectivity index (χ0n) is 21.5. The molecule has 4 fully saturated rings. The summed E-state index contributed by atoms with van der Waals surface area (Å²) in [5.41, 5.74) is 6.76. The molecule has 0 bridgehead atoms. The van der Waals surface area contributed by atoms with Crippen LogP contribution in [-0.2, 0) is 0 Å². The molecule has 5 nitrogen and oxygen atoms in total. The summed E-state index contributed by atoms with van der Waals surface area (Å²) in [5, 5.41) is 7.44. The van der Waals surface area contributed by atoms with E-state index in [4.69, 9.17) is 5.84 Å². The molecule has 0 amide bonds. The predicted molar refractivity (Wildman–Crippen MR) is 135 cm³/mol. The molecule has 0 aromatic carbocycles. The minimum atomic E-state index is 0.596. The average molecular weight is 448 g/mol. The molecule has 4 aliphatic carbocycles. The van der Waals surface area contributed by atoms with Gasteiger partial charge in [-0.05, 0) is 118 Å². The molecular weight excluding hydrogens is 394 g/mol. The summed E-state index contributed by atoms with van der Waals surface area (Å²) >= 11 is 0. The van der Waals surface area contributed by atoms with E-state index in [9.17, 15) is 0 Å². The Balaban J connectivity index is 1.34. The topological polar surface area (TPSA) is 74.1 Å². The van der Waals surface area contributed by atoms with Crippen molar-refractivity contribution in [3.05, 3.63) is 0 Å². The molecule has 0 aromatic heterocycles. The molecule has 0 saturated heterocycles. The fourth-order valence-corrected chi connectivity index (χ4v) is 9.18. The quantitative estimate of drug-likeness (QED) is 0.196. The molecule has 5 heteroatoms. The molecule has 7 unspecified atom stereocenters. The molecule has 0 spiro atoms. The van der Waals surface area contributed by atoms with Crippen LogP contribution in [0, 0.1) is 40.4 Å². The summed E-state index contributed by atoms with van der Waals surface area (Å²) in [6.07, 6.45) is 16.0. The van der Waals surface area contributed by atoms with E-state index in [0.29, 0.717) is 22.9 Å². The van der Waals surface area contributed by atoms with Crippen molar-refractivity contribution in [3.8, 4) is 0 Å². The first kappa shape index (κ1) is 24.9.